The van der Waals surface area contributed by atoms with Crippen LogP contribution in [0.2, 0.25) is 0 Å². The highest BCUT2D eigenvalue weighted by Gasteiger charge is 2.16. The zero-order valence-electron chi connectivity index (χ0n) is 13.3. The van der Waals surface area contributed by atoms with E-state index in [0.717, 1.165) is 12.1 Å². The number of rotatable bonds is 3. The van der Waals surface area contributed by atoms with Crippen molar-refractivity contribution in [1.29, 1.82) is 0 Å². The van der Waals surface area contributed by atoms with Crippen LogP contribution in [0, 0.1) is 0 Å². The molecule has 1 nitrogen and oxygen atoms in total. The summed E-state index contributed by atoms with van der Waals surface area (Å²) < 4.78 is 2.34. The third-order valence-corrected chi connectivity index (χ3v) is 4.71. The average molecular weight is 299 g/mol. The Morgan fingerprint density at radius 2 is 1.70 bits per heavy atom. The van der Waals surface area contributed by atoms with Crippen molar-refractivity contribution in [3.05, 3.63) is 78.9 Å². The topological polar surface area (TPSA) is 4.93 Å². The van der Waals surface area contributed by atoms with Crippen LogP contribution in [-0.2, 0) is 0 Å². The molecule has 1 heteroatoms. The second-order valence-electron chi connectivity index (χ2n) is 6.21. The highest BCUT2D eigenvalue weighted by Crippen LogP contribution is 2.35. The Morgan fingerprint density at radius 3 is 2.48 bits per heavy atom. The van der Waals surface area contributed by atoms with Gasteiger partial charge in [0.2, 0.25) is 0 Å². The van der Waals surface area contributed by atoms with E-state index in [2.05, 4.69) is 77.9 Å². The number of para-hydroxylation sites is 1. The monoisotopic (exact) mass is 299 g/mol. The quantitative estimate of drug-likeness (QED) is 0.536. The molecule has 0 spiro atoms. The van der Waals surface area contributed by atoms with Crippen LogP contribution < -0.4 is 0 Å². The molecule has 2 aromatic carbocycles. The Morgan fingerprint density at radius 1 is 0.913 bits per heavy atom. The molecule has 1 heterocycles. The lowest BCUT2D eigenvalue weighted by atomic mass is 9.97. The number of nitrogens with zero attached hydrogens (tertiary/aromatic N) is 1. The van der Waals surface area contributed by atoms with Crippen molar-refractivity contribution in [3.8, 4) is 11.3 Å². The molecule has 0 saturated carbocycles. The number of aromatic nitrogens is 1. The average Bonchev–Trinajstić information content (AvgIpc) is 3.02. The first-order valence-electron chi connectivity index (χ1n) is 8.39. The van der Waals surface area contributed by atoms with Crippen LogP contribution in [0.1, 0.15) is 25.7 Å². The third-order valence-electron chi connectivity index (χ3n) is 4.71. The van der Waals surface area contributed by atoms with Gasteiger partial charge in [-0.25, -0.2) is 0 Å². The predicted octanol–water partition coefficient (Wildman–Crippen LogP) is 6.28. The molecule has 0 radical (unpaired) electrons. The molecule has 0 saturated heterocycles. The minimum atomic E-state index is 1.13. The predicted molar refractivity (Wildman–Crippen MR) is 99.3 cm³/mol. The lowest BCUT2D eigenvalue weighted by molar-refractivity contribution is 0.710. The smallest absolute Gasteiger partial charge is 0.0540 e. The molecule has 0 bridgehead atoms. The molecular weight excluding hydrogens is 278 g/mol. The molecule has 1 aliphatic carbocycles. The van der Waals surface area contributed by atoms with Gasteiger partial charge in [0.15, 0.2) is 0 Å². The zero-order chi connectivity index (χ0) is 15.6. The van der Waals surface area contributed by atoms with E-state index in [4.69, 9.17) is 0 Å². The van der Waals surface area contributed by atoms with Crippen molar-refractivity contribution >= 4 is 16.6 Å². The third kappa shape index (κ3) is 2.53. The Hall–Kier alpha value is -2.54. The number of benzene rings is 2. The van der Waals surface area contributed by atoms with Crippen molar-refractivity contribution in [3.63, 3.8) is 0 Å². The van der Waals surface area contributed by atoms with E-state index in [9.17, 15) is 0 Å². The van der Waals surface area contributed by atoms with E-state index in [1.807, 2.05) is 0 Å². The maximum Gasteiger partial charge on any atom is 0.0540 e. The summed E-state index contributed by atoms with van der Waals surface area (Å²) in [6, 6.07) is 21.5. The van der Waals surface area contributed by atoms with Crippen LogP contribution in [0.3, 0.4) is 0 Å². The van der Waals surface area contributed by atoms with E-state index < -0.39 is 0 Å². The second-order valence-corrected chi connectivity index (χ2v) is 6.21. The molecule has 0 unspecified atom stereocenters. The Kier molecular flexibility index (Phi) is 3.63. The lowest BCUT2D eigenvalue weighted by Gasteiger charge is -2.19. The van der Waals surface area contributed by atoms with Gasteiger partial charge in [-0.05, 0) is 49.0 Å². The van der Waals surface area contributed by atoms with Crippen molar-refractivity contribution < 1.29 is 0 Å². The SMILES string of the molecule is C=C(C1=CCCCC1)n1c(-c2ccccc2)cc2ccccc21. The van der Waals surface area contributed by atoms with Gasteiger partial charge in [0.1, 0.15) is 0 Å². The minimum absolute atomic E-state index is 1.13. The summed E-state index contributed by atoms with van der Waals surface area (Å²) in [6.45, 7) is 4.45. The number of fused-ring (bicyclic) bond motifs is 1. The van der Waals surface area contributed by atoms with Gasteiger partial charge in [-0.3, -0.25) is 0 Å². The molecule has 3 aromatic rings. The molecule has 4 rings (SSSR count). The maximum atomic E-state index is 4.45. The van der Waals surface area contributed by atoms with E-state index in [1.165, 1.54) is 47.0 Å². The summed E-state index contributed by atoms with van der Waals surface area (Å²) in [5, 5.41) is 1.27. The van der Waals surface area contributed by atoms with E-state index in [1.54, 1.807) is 0 Å². The van der Waals surface area contributed by atoms with E-state index >= 15 is 0 Å². The normalized spacial score (nSPS) is 14.7. The van der Waals surface area contributed by atoms with Gasteiger partial charge in [0, 0.05) is 11.1 Å². The summed E-state index contributed by atoms with van der Waals surface area (Å²) in [5.41, 5.74) is 6.23. The first kappa shape index (κ1) is 14.1. The summed E-state index contributed by atoms with van der Waals surface area (Å²) in [6.07, 6.45) is 7.25. The number of hydrogen-bond acceptors (Lipinski definition) is 0. The standard InChI is InChI=1S/C22H21N/c1-17(18-10-4-2-5-11-18)23-21-15-9-8-14-20(21)16-22(23)19-12-6-3-7-13-19/h3,6-10,12-16H,1-2,4-5,11H2. The molecular formula is C22H21N. The van der Waals surface area contributed by atoms with E-state index in [-0.39, 0.29) is 0 Å². The molecule has 0 fully saturated rings. The second kappa shape index (κ2) is 5.92. The summed E-state index contributed by atoms with van der Waals surface area (Å²) >= 11 is 0. The van der Waals surface area contributed by atoms with Crippen LogP contribution in [0.15, 0.2) is 78.9 Å². The van der Waals surface area contributed by atoms with Gasteiger partial charge in [-0.2, -0.15) is 0 Å². The highest BCUT2D eigenvalue weighted by atomic mass is 15.0. The fourth-order valence-corrected chi connectivity index (χ4v) is 3.51. The largest absolute Gasteiger partial charge is 0.310 e. The van der Waals surface area contributed by atoms with Crippen LogP contribution >= 0.6 is 0 Å². The first-order chi connectivity index (χ1) is 11.3. The molecule has 0 amide bonds. The fourth-order valence-electron chi connectivity index (χ4n) is 3.51. The summed E-state index contributed by atoms with van der Waals surface area (Å²) in [5.74, 6) is 0. The van der Waals surface area contributed by atoms with Crippen molar-refractivity contribution in [2.24, 2.45) is 0 Å². The van der Waals surface area contributed by atoms with Gasteiger partial charge in [0.25, 0.3) is 0 Å². The zero-order valence-corrected chi connectivity index (χ0v) is 13.3. The van der Waals surface area contributed by atoms with Crippen molar-refractivity contribution in [2.45, 2.75) is 25.7 Å². The number of hydrogen-bond donors (Lipinski definition) is 0. The minimum Gasteiger partial charge on any atom is -0.310 e. The van der Waals surface area contributed by atoms with E-state index in [0.29, 0.717) is 0 Å². The van der Waals surface area contributed by atoms with Gasteiger partial charge in [-0.15, -0.1) is 0 Å². The Bertz CT molecular complexity index is 881. The lowest BCUT2D eigenvalue weighted by Crippen LogP contribution is -2.03. The molecule has 23 heavy (non-hydrogen) atoms. The molecule has 114 valence electrons. The number of allylic oxidation sites excluding steroid dienone is 3. The summed E-state index contributed by atoms with van der Waals surface area (Å²) in [7, 11) is 0. The Labute approximate surface area is 137 Å². The molecule has 1 aliphatic rings. The van der Waals surface area contributed by atoms with Crippen LogP contribution in [-0.4, -0.2) is 4.57 Å². The maximum absolute atomic E-state index is 4.45. The first-order valence-corrected chi connectivity index (χ1v) is 8.39. The molecule has 1 aromatic heterocycles. The van der Waals surface area contributed by atoms with Gasteiger partial charge < -0.3 is 4.57 Å². The van der Waals surface area contributed by atoms with Gasteiger partial charge in [-0.1, -0.05) is 61.2 Å². The Balaban J connectivity index is 1.93. The van der Waals surface area contributed by atoms with Crippen molar-refractivity contribution in [1.82, 2.24) is 4.57 Å². The summed E-state index contributed by atoms with van der Waals surface area (Å²) in [4.78, 5) is 0. The van der Waals surface area contributed by atoms with Gasteiger partial charge in [0.05, 0.1) is 11.2 Å². The molecule has 0 N–H and O–H groups in total. The van der Waals surface area contributed by atoms with Gasteiger partial charge >= 0.3 is 0 Å². The highest BCUT2D eigenvalue weighted by molar-refractivity contribution is 5.92. The van der Waals surface area contributed by atoms with Crippen LogP contribution in [0.4, 0.5) is 0 Å². The molecule has 0 atom stereocenters. The van der Waals surface area contributed by atoms with Crippen LogP contribution in [0.25, 0.3) is 27.9 Å². The van der Waals surface area contributed by atoms with Crippen LogP contribution in [0.5, 0.6) is 0 Å². The fraction of sp³-hybridized carbons (Fsp3) is 0.182. The molecule has 0 aliphatic heterocycles. The van der Waals surface area contributed by atoms with Crippen molar-refractivity contribution in [2.75, 3.05) is 0 Å².